The normalized spacial score (nSPS) is 11.1. The van der Waals surface area contributed by atoms with E-state index in [1.54, 1.807) is 0 Å². The maximum absolute atomic E-state index is 5.44. The average Bonchev–Trinajstić information content (AvgIpc) is 2.81. The molecule has 4 nitrogen and oxygen atoms in total. The van der Waals surface area contributed by atoms with Gasteiger partial charge in [-0.2, -0.15) is 0 Å². The first-order valence-corrected chi connectivity index (χ1v) is 14.7. The molecule has 0 heterocycles. The zero-order chi connectivity index (χ0) is 23.2. The fraction of sp³-hybridized carbons (Fsp3) is 1.00. The predicted molar refractivity (Wildman–Crippen MR) is 153 cm³/mol. The number of hydrogen-bond acceptors (Lipinski definition) is 4. The molecule has 0 rings (SSSR count). The Labute approximate surface area is 215 Å². The van der Waals surface area contributed by atoms with E-state index in [1.807, 2.05) is 0 Å². The molecule has 0 atom stereocenters. The molecule has 0 aliphatic heterocycles. The van der Waals surface area contributed by atoms with Gasteiger partial charge in [-0.25, -0.2) is 0 Å². The minimum atomic E-state index is 0. The van der Waals surface area contributed by atoms with Crippen molar-refractivity contribution in [3.63, 3.8) is 0 Å². The molecule has 0 saturated carbocycles. The topological polar surface area (TPSA) is 62.1 Å². The van der Waals surface area contributed by atoms with Crippen molar-refractivity contribution in [3.05, 3.63) is 0 Å². The lowest BCUT2D eigenvalue weighted by molar-refractivity contribution is 0.518. The van der Waals surface area contributed by atoms with E-state index in [9.17, 15) is 0 Å². The van der Waals surface area contributed by atoms with Crippen LogP contribution in [-0.4, -0.2) is 45.8 Å². The van der Waals surface area contributed by atoms with E-state index in [0.29, 0.717) is 0 Å². The maximum atomic E-state index is 5.44. The van der Waals surface area contributed by atoms with E-state index in [1.165, 1.54) is 135 Å². The third-order valence-corrected chi connectivity index (χ3v) is 6.49. The summed E-state index contributed by atoms with van der Waals surface area (Å²) in [6.07, 6.45) is 29.0. The molecule has 33 heavy (non-hydrogen) atoms. The van der Waals surface area contributed by atoms with Crippen LogP contribution in [0.3, 0.4) is 0 Å². The second-order valence-corrected chi connectivity index (χ2v) is 9.76. The molecule has 202 valence electrons. The Bertz CT molecular complexity index is 288. The van der Waals surface area contributed by atoms with Crippen molar-refractivity contribution >= 4 is 12.4 Å². The smallest absolute Gasteiger partial charge is 0.00772 e. The van der Waals surface area contributed by atoms with Crippen molar-refractivity contribution in [1.82, 2.24) is 16.0 Å². The molecule has 0 aromatic carbocycles. The Kier molecular flexibility index (Phi) is 36.7. The lowest BCUT2D eigenvalue weighted by Crippen LogP contribution is -2.34. The van der Waals surface area contributed by atoms with Crippen molar-refractivity contribution in [3.8, 4) is 0 Å². The number of nitrogens with two attached hydrogens (primary N) is 1. The zero-order valence-corrected chi connectivity index (χ0v) is 23.4. The van der Waals surface area contributed by atoms with E-state index in [0.717, 1.165) is 39.3 Å². The molecule has 0 aliphatic rings. The highest BCUT2D eigenvalue weighted by atomic mass is 35.5. The Hall–Kier alpha value is 0.130. The van der Waals surface area contributed by atoms with Crippen LogP contribution in [0.1, 0.15) is 135 Å². The Morgan fingerprint density at radius 2 is 0.636 bits per heavy atom. The monoisotopic (exact) mass is 490 g/mol. The van der Waals surface area contributed by atoms with Crippen LogP contribution in [-0.2, 0) is 0 Å². The van der Waals surface area contributed by atoms with Crippen LogP contribution in [0.25, 0.3) is 0 Å². The van der Waals surface area contributed by atoms with E-state index >= 15 is 0 Å². The second kappa shape index (κ2) is 34.3. The molecule has 0 unspecified atom stereocenters. The summed E-state index contributed by atoms with van der Waals surface area (Å²) in [4.78, 5) is 0. The fourth-order valence-electron chi connectivity index (χ4n) is 4.34. The van der Waals surface area contributed by atoms with Gasteiger partial charge in [-0.15, -0.1) is 12.4 Å². The predicted octanol–water partition coefficient (Wildman–Crippen LogP) is 6.96. The standard InChI is InChI=1S/C28H62N4.ClH/c1-2-3-4-5-6-7-8-9-10-11-12-13-14-15-16-17-18-19-20-21-23-30-25-27-32-28-26-31-24-22-29;/h30-32H,2-29H2,1H3;1H. The van der Waals surface area contributed by atoms with Gasteiger partial charge in [0.25, 0.3) is 0 Å². The molecule has 0 fully saturated rings. The van der Waals surface area contributed by atoms with E-state index in [2.05, 4.69) is 22.9 Å². The summed E-state index contributed by atoms with van der Waals surface area (Å²) in [5.74, 6) is 0. The van der Waals surface area contributed by atoms with Crippen molar-refractivity contribution in [1.29, 1.82) is 0 Å². The van der Waals surface area contributed by atoms with Crippen LogP contribution in [0.5, 0.6) is 0 Å². The van der Waals surface area contributed by atoms with Gasteiger partial charge in [0.15, 0.2) is 0 Å². The summed E-state index contributed by atoms with van der Waals surface area (Å²) >= 11 is 0. The molecular weight excluding hydrogens is 428 g/mol. The highest BCUT2D eigenvalue weighted by molar-refractivity contribution is 5.85. The van der Waals surface area contributed by atoms with Gasteiger partial charge in [-0.1, -0.05) is 129 Å². The van der Waals surface area contributed by atoms with Gasteiger partial charge in [-0.3, -0.25) is 0 Å². The molecule has 0 aromatic rings. The molecule has 0 spiro atoms. The highest BCUT2D eigenvalue weighted by Gasteiger charge is 1.96. The Balaban J connectivity index is 0. The summed E-state index contributed by atoms with van der Waals surface area (Å²) in [6.45, 7) is 9.29. The van der Waals surface area contributed by atoms with Crippen molar-refractivity contribution < 1.29 is 0 Å². The molecule has 0 saturated heterocycles. The fourth-order valence-corrected chi connectivity index (χ4v) is 4.34. The Morgan fingerprint density at radius 1 is 0.364 bits per heavy atom. The third kappa shape index (κ3) is 34.4. The molecule has 0 amide bonds. The third-order valence-electron chi connectivity index (χ3n) is 6.49. The van der Waals surface area contributed by atoms with Crippen molar-refractivity contribution in [2.75, 3.05) is 45.8 Å². The Morgan fingerprint density at radius 3 is 0.970 bits per heavy atom. The van der Waals surface area contributed by atoms with Crippen LogP contribution >= 0.6 is 12.4 Å². The van der Waals surface area contributed by atoms with E-state index in [-0.39, 0.29) is 12.4 Å². The number of unbranched alkanes of at least 4 members (excludes halogenated alkanes) is 19. The maximum Gasteiger partial charge on any atom is 0.00772 e. The first kappa shape index (κ1) is 35.3. The van der Waals surface area contributed by atoms with Crippen LogP contribution in [0.2, 0.25) is 0 Å². The van der Waals surface area contributed by atoms with E-state index in [4.69, 9.17) is 5.73 Å². The molecule has 5 heteroatoms. The zero-order valence-electron chi connectivity index (χ0n) is 22.6. The molecule has 0 aliphatic carbocycles. The number of halogens is 1. The molecule has 0 bridgehead atoms. The van der Waals surface area contributed by atoms with Gasteiger partial charge >= 0.3 is 0 Å². The molecule has 5 N–H and O–H groups in total. The highest BCUT2D eigenvalue weighted by Crippen LogP contribution is 2.14. The molecule has 0 radical (unpaired) electrons. The quantitative estimate of drug-likeness (QED) is 0.0855. The first-order chi connectivity index (χ1) is 15.9. The first-order valence-electron chi connectivity index (χ1n) is 14.7. The van der Waals surface area contributed by atoms with Crippen LogP contribution in [0, 0.1) is 0 Å². The van der Waals surface area contributed by atoms with Crippen LogP contribution in [0.15, 0.2) is 0 Å². The minimum Gasteiger partial charge on any atom is -0.329 e. The molecular formula is C28H63ClN4. The van der Waals surface area contributed by atoms with Gasteiger partial charge in [0, 0.05) is 39.3 Å². The summed E-state index contributed by atoms with van der Waals surface area (Å²) in [7, 11) is 0. The van der Waals surface area contributed by atoms with Gasteiger partial charge in [0.05, 0.1) is 0 Å². The van der Waals surface area contributed by atoms with Crippen molar-refractivity contribution in [2.24, 2.45) is 5.73 Å². The number of rotatable bonds is 29. The largest absolute Gasteiger partial charge is 0.329 e. The second-order valence-electron chi connectivity index (χ2n) is 9.76. The summed E-state index contributed by atoms with van der Waals surface area (Å²) < 4.78 is 0. The minimum absolute atomic E-state index is 0. The average molecular weight is 491 g/mol. The van der Waals surface area contributed by atoms with Gasteiger partial charge in [0.2, 0.25) is 0 Å². The summed E-state index contributed by atoms with van der Waals surface area (Å²) in [5, 5.41) is 10.3. The lowest BCUT2D eigenvalue weighted by atomic mass is 10.0. The van der Waals surface area contributed by atoms with Crippen molar-refractivity contribution in [2.45, 2.75) is 135 Å². The van der Waals surface area contributed by atoms with Gasteiger partial charge < -0.3 is 21.7 Å². The van der Waals surface area contributed by atoms with Crippen LogP contribution in [0.4, 0.5) is 0 Å². The lowest BCUT2D eigenvalue weighted by Gasteiger charge is -2.07. The number of hydrogen-bond donors (Lipinski definition) is 4. The van der Waals surface area contributed by atoms with Gasteiger partial charge in [0.1, 0.15) is 0 Å². The molecule has 0 aromatic heterocycles. The van der Waals surface area contributed by atoms with Gasteiger partial charge in [-0.05, 0) is 13.0 Å². The van der Waals surface area contributed by atoms with E-state index < -0.39 is 0 Å². The van der Waals surface area contributed by atoms with Crippen LogP contribution < -0.4 is 21.7 Å². The summed E-state index contributed by atoms with van der Waals surface area (Å²) in [5.41, 5.74) is 5.44. The summed E-state index contributed by atoms with van der Waals surface area (Å²) in [6, 6.07) is 0. The number of nitrogens with one attached hydrogen (secondary N) is 3. The SMILES string of the molecule is CCCCCCCCCCCCCCCCCCCCCCNCCNCCNCCN.Cl.